The molecule has 0 spiro atoms. The van der Waals surface area contributed by atoms with Crippen molar-refractivity contribution in [3.8, 4) is 0 Å². The van der Waals surface area contributed by atoms with E-state index in [0.29, 0.717) is 19.5 Å². The van der Waals surface area contributed by atoms with Crippen molar-refractivity contribution in [2.45, 2.75) is 43.4 Å². The molecule has 0 aliphatic rings. The molecule has 0 atom stereocenters. The Kier molecular flexibility index (Phi) is 14.9. The second-order valence-corrected chi connectivity index (χ2v) is 10.2. The summed E-state index contributed by atoms with van der Waals surface area (Å²) in [6.45, 7) is 1.05. The second kappa shape index (κ2) is 17.3. The van der Waals surface area contributed by atoms with Gasteiger partial charge in [-0.25, -0.2) is 13.1 Å². The third-order valence-corrected chi connectivity index (χ3v) is 6.89. The molecular weight excluding hydrogens is 528 g/mol. The van der Waals surface area contributed by atoms with Crippen molar-refractivity contribution in [1.29, 1.82) is 0 Å². The summed E-state index contributed by atoms with van der Waals surface area (Å²) in [7, 11) is -3.45. The van der Waals surface area contributed by atoms with E-state index in [1.54, 1.807) is 42.5 Å². The van der Waals surface area contributed by atoms with Crippen LogP contribution in [0.15, 0.2) is 83.8 Å². The predicted molar refractivity (Wildman–Crippen MR) is 150 cm³/mol. The Morgan fingerprint density at radius 3 is 1.53 bits per heavy atom. The largest absolute Gasteiger partial charge is 0.481 e. The molecule has 38 heavy (non-hydrogen) atoms. The number of hydrogen-bond donors (Lipinski definition) is 4. The lowest BCUT2D eigenvalue weighted by Gasteiger charge is -2.07. The van der Waals surface area contributed by atoms with Crippen LogP contribution in [0.2, 0.25) is 0 Å². The van der Waals surface area contributed by atoms with E-state index in [0.717, 1.165) is 36.0 Å². The topological polar surface area (TPSA) is 147 Å². The molecule has 0 aromatic heterocycles. The number of aryl methyl sites for hydroxylation is 2. The molecule has 0 heterocycles. The number of halogens is 1. The predicted octanol–water partition coefficient (Wildman–Crippen LogP) is 3.85. The Labute approximate surface area is 230 Å². The Bertz CT molecular complexity index is 1220. The summed E-state index contributed by atoms with van der Waals surface area (Å²) >= 11 is 0. The molecular formula is C28H35ClN2O6S. The fourth-order valence-corrected chi connectivity index (χ4v) is 4.58. The summed E-state index contributed by atoms with van der Waals surface area (Å²) in [4.78, 5) is 21.3. The third-order valence-electron chi connectivity index (χ3n) is 5.41. The zero-order chi connectivity index (χ0) is 27.1. The first kappa shape index (κ1) is 32.8. The molecule has 0 aliphatic carbocycles. The second-order valence-electron chi connectivity index (χ2n) is 8.48. The minimum Gasteiger partial charge on any atom is -0.481 e. The van der Waals surface area contributed by atoms with Crippen molar-refractivity contribution in [3.05, 3.63) is 101 Å². The van der Waals surface area contributed by atoms with E-state index in [2.05, 4.69) is 4.72 Å². The molecule has 0 bridgehead atoms. The van der Waals surface area contributed by atoms with Gasteiger partial charge in [-0.15, -0.1) is 12.4 Å². The van der Waals surface area contributed by atoms with Crippen molar-refractivity contribution in [3.63, 3.8) is 0 Å². The number of carboxylic acid groups (broad SMARTS) is 2. The zero-order valence-corrected chi connectivity index (χ0v) is 22.7. The molecule has 0 unspecified atom stereocenters. The van der Waals surface area contributed by atoms with Gasteiger partial charge in [-0.2, -0.15) is 0 Å². The Hall–Kier alpha value is -3.24. The molecule has 0 fully saturated rings. The molecule has 0 amide bonds. The van der Waals surface area contributed by atoms with Gasteiger partial charge in [0.25, 0.3) is 0 Å². The van der Waals surface area contributed by atoms with Crippen LogP contribution < -0.4 is 10.5 Å². The van der Waals surface area contributed by atoms with Gasteiger partial charge >= 0.3 is 11.9 Å². The fraction of sp³-hybridized carbons (Fsp3) is 0.286. The van der Waals surface area contributed by atoms with Crippen LogP contribution in [-0.2, 0) is 45.3 Å². The minimum absolute atomic E-state index is 0. The Morgan fingerprint density at radius 1 is 0.684 bits per heavy atom. The van der Waals surface area contributed by atoms with Crippen LogP contribution >= 0.6 is 12.4 Å². The van der Waals surface area contributed by atoms with E-state index in [-0.39, 0.29) is 30.1 Å². The molecule has 206 valence electrons. The van der Waals surface area contributed by atoms with E-state index < -0.39 is 22.0 Å². The maximum Gasteiger partial charge on any atom is 0.307 e. The first-order chi connectivity index (χ1) is 17.7. The highest BCUT2D eigenvalue weighted by atomic mass is 35.5. The average molecular weight is 563 g/mol. The van der Waals surface area contributed by atoms with Crippen LogP contribution in [0.5, 0.6) is 0 Å². The summed E-state index contributed by atoms with van der Waals surface area (Å²) < 4.78 is 26.6. The van der Waals surface area contributed by atoms with E-state index in [1.165, 1.54) is 5.56 Å². The summed E-state index contributed by atoms with van der Waals surface area (Å²) in [5, 5.41) is 17.3. The van der Waals surface area contributed by atoms with E-state index in [9.17, 15) is 18.0 Å². The number of nitrogens with one attached hydrogen (secondary N) is 1. The monoisotopic (exact) mass is 562 g/mol. The molecule has 0 saturated carbocycles. The lowest BCUT2D eigenvalue weighted by molar-refractivity contribution is -0.137. The first-order valence-electron chi connectivity index (χ1n) is 12.0. The van der Waals surface area contributed by atoms with Gasteiger partial charge in [0.05, 0.1) is 17.7 Å². The zero-order valence-electron chi connectivity index (χ0n) is 21.1. The molecule has 0 saturated heterocycles. The van der Waals surface area contributed by atoms with Crippen molar-refractivity contribution < 1.29 is 28.2 Å². The first-order valence-corrected chi connectivity index (χ1v) is 13.5. The van der Waals surface area contributed by atoms with E-state index in [1.807, 2.05) is 36.4 Å². The van der Waals surface area contributed by atoms with Crippen LogP contribution in [-0.4, -0.2) is 43.7 Å². The normalized spacial score (nSPS) is 10.6. The number of benzene rings is 3. The van der Waals surface area contributed by atoms with E-state index in [4.69, 9.17) is 15.9 Å². The summed E-state index contributed by atoms with van der Waals surface area (Å²) in [5.74, 6) is -1.65. The average Bonchev–Trinajstić information content (AvgIpc) is 2.87. The van der Waals surface area contributed by atoms with Crippen molar-refractivity contribution in [2.75, 3.05) is 13.1 Å². The van der Waals surface area contributed by atoms with E-state index >= 15 is 0 Å². The highest BCUT2D eigenvalue weighted by Gasteiger charge is 2.12. The van der Waals surface area contributed by atoms with Gasteiger partial charge < -0.3 is 15.9 Å². The van der Waals surface area contributed by atoms with Crippen LogP contribution in [0.4, 0.5) is 0 Å². The highest BCUT2D eigenvalue weighted by Crippen LogP contribution is 2.10. The lowest BCUT2D eigenvalue weighted by atomic mass is 10.1. The summed E-state index contributed by atoms with van der Waals surface area (Å²) in [6, 6.07) is 23.3. The van der Waals surface area contributed by atoms with Gasteiger partial charge in [-0.3, -0.25) is 9.59 Å². The maximum atomic E-state index is 12.0. The fourth-order valence-electron chi connectivity index (χ4n) is 3.49. The number of carboxylic acids is 2. The number of sulfonamides is 1. The lowest BCUT2D eigenvalue weighted by Crippen LogP contribution is -2.25. The van der Waals surface area contributed by atoms with Gasteiger partial charge in [0.15, 0.2) is 0 Å². The van der Waals surface area contributed by atoms with Gasteiger partial charge in [-0.05, 0) is 66.6 Å². The van der Waals surface area contributed by atoms with Gasteiger partial charge in [0, 0.05) is 6.54 Å². The molecule has 8 nitrogen and oxygen atoms in total. The highest BCUT2D eigenvalue weighted by molar-refractivity contribution is 7.89. The molecule has 3 aromatic rings. The van der Waals surface area contributed by atoms with Crippen LogP contribution in [0.1, 0.15) is 35.1 Å². The number of rotatable bonds is 13. The summed E-state index contributed by atoms with van der Waals surface area (Å²) in [6.07, 6.45) is 3.44. The van der Waals surface area contributed by atoms with Crippen LogP contribution in [0, 0.1) is 0 Å². The minimum atomic E-state index is -3.45. The van der Waals surface area contributed by atoms with Crippen LogP contribution in [0.3, 0.4) is 0 Å². The molecule has 10 heteroatoms. The Morgan fingerprint density at radius 2 is 1.11 bits per heavy atom. The maximum absolute atomic E-state index is 12.0. The quantitative estimate of drug-likeness (QED) is 0.231. The van der Waals surface area contributed by atoms with Gasteiger partial charge in [0.2, 0.25) is 10.0 Å². The molecule has 0 aliphatic heterocycles. The standard InChI is InChI=1S/C17H19NO4S.C11H15NO2.ClH/c19-17(20)13-15-10-8-14(9-11-15)5-4-12-18-23(21,22)16-6-2-1-3-7-16;12-7-1-2-9-3-5-10(6-4-9)8-11(13)14;/h1-3,6-11,18H,4-5,12-13H2,(H,19,20);3-6H,1-2,7-8,12H2,(H,13,14);1H. The third kappa shape index (κ3) is 12.8. The molecule has 3 aromatic carbocycles. The smallest absolute Gasteiger partial charge is 0.307 e. The molecule has 5 N–H and O–H groups in total. The van der Waals surface area contributed by atoms with Crippen molar-refractivity contribution >= 4 is 34.4 Å². The molecule has 3 rings (SSSR count). The SMILES string of the molecule is Cl.NCCCc1ccc(CC(=O)O)cc1.O=C(O)Cc1ccc(CCCNS(=O)(=O)c2ccccc2)cc1. The van der Waals surface area contributed by atoms with Gasteiger partial charge in [0.1, 0.15) is 0 Å². The van der Waals surface area contributed by atoms with Crippen molar-refractivity contribution in [2.24, 2.45) is 5.73 Å². The number of nitrogens with two attached hydrogens (primary N) is 1. The number of aliphatic carboxylic acids is 2. The van der Waals surface area contributed by atoms with Crippen LogP contribution in [0.25, 0.3) is 0 Å². The Balaban J connectivity index is 0.000000415. The molecule has 0 radical (unpaired) electrons. The van der Waals surface area contributed by atoms with Crippen molar-refractivity contribution in [1.82, 2.24) is 4.72 Å². The summed E-state index contributed by atoms with van der Waals surface area (Å²) in [5.41, 5.74) is 9.26. The van der Waals surface area contributed by atoms with Gasteiger partial charge in [-0.1, -0.05) is 66.7 Å². The number of hydrogen-bond acceptors (Lipinski definition) is 5. The number of carbonyl (C=O) groups is 2.